The highest BCUT2D eigenvalue weighted by Crippen LogP contribution is 2.25. The van der Waals surface area contributed by atoms with Crippen LogP contribution in [0.2, 0.25) is 10.0 Å². The van der Waals surface area contributed by atoms with E-state index in [1.807, 2.05) is 6.92 Å². The van der Waals surface area contributed by atoms with Crippen molar-refractivity contribution in [3.8, 4) is 0 Å². The van der Waals surface area contributed by atoms with Crippen LogP contribution in [0.5, 0.6) is 0 Å². The fourth-order valence-corrected chi connectivity index (χ4v) is 1.74. The number of nitrogens with one attached hydrogen (secondary N) is 2. The monoisotopic (exact) mass is 302 g/mol. The number of halogens is 2. The molecule has 0 aliphatic rings. The molecule has 0 spiro atoms. The number of carbonyl (C=O) groups is 2. The van der Waals surface area contributed by atoms with Gasteiger partial charge < -0.3 is 10.6 Å². The second-order valence-corrected chi connectivity index (χ2v) is 4.90. The van der Waals surface area contributed by atoms with Gasteiger partial charge in [-0.05, 0) is 24.6 Å². The lowest BCUT2D eigenvalue weighted by molar-refractivity contribution is -0.126. The maximum atomic E-state index is 11.6. The summed E-state index contributed by atoms with van der Waals surface area (Å²) < 4.78 is 0. The molecule has 0 unspecified atom stereocenters. The van der Waals surface area contributed by atoms with E-state index in [1.165, 1.54) is 6.07 Å². The van der Waals surface area contributed by atoms with Gasteiger partial charge >= 0.3 is 0 Å². The summed E-state index contributed by atoms with van der Waals surface area (Å²) in [5.74, 6) is -0.720. The van der Waals surface area contributed by atoms with Crippen molar-refractivity contribution in [1.29, 1.82) is 0 Å². The molecule has 1 aromatic carbocycles. The first-order valence-electron chi connectivity index (χ1n) is 6.04. The Morgan fingerprint density at radius 3 is 2.63 bits per heavy atom. The summed E-state index contributed by atoms with van der Waals surface area (Å²) in [6.07, 6.45) is 1.66. The second-order valence-electron chi connectivity index (χ2n) is 4.05. The lowest BCUT2D eigenvalue weighted by Gasteiger charge is -2.08. The number of benzene rings is 1. The molecule has 2 N–H and O–H groups in total. The van der Waals surface area contributed by atoms with E-state index >= 15 is 0 Å². The van der Waals surface area contributed by atoms with Crippen LogP contribution in [-0.2, 0) is 9.59 Å². The standard InChI is InChI=1S/C13H16Cl2N2O2/c1-2-3-6-16-12(18)8-13(19)17-11-7-9(14)4-5-10(11)15/h4-5,7H,2-3,6,8H2,1H3,(H,16,18)(H,17,19). The Bertz CT molecular complexity index is 464. The van der Waals surface area contributed by atoms with Crippen LogP contribution in [0.25, 0.3) is 0 Å². The molecule has 0 saturated heterocycles. The summed E-state index contributed by atoms with van der Waals surface area (Å²) in [4.78, 5) is 23.1. The van der Waals surface area contributed by atoms with Gasteiger partial charge in [0.2, 0.25) is 11.8 Å². The van der Waals surface area contributed by atoms with Gasteiger partial charge in [0.25, 0.3) is 0 Å². The fraction of sp³-hybridized carbons (Fsp3) is 0.385. The summed E-state index contributed by atoms with van der Waals surface area (Å²) in [5, 5.41) is 6.07. The highest BCUT2D eigenvalue weighted by atomic mass is 35.5. The Morgan fingerprint density at radius 2 is 1.95 bits per heavy atom. The molecule has 104 valence electrons. The van der Waals surface area contributed by atoms with Gasteiger partial charge in [0.15, 0.2) is 0 Å². The molecule has 0 aliphatic heterocycles. The van der Waals surface area contributed by atoms with Crippen LogP contribution in [0.15, 0.2) is 18.2 Å². The number of carbonyl (C=O) groups excluding carboxylic acids is 2. The third kappa shape index (κ3) is 5.94. The summed E-state index contributed by atoms with van der Waals surface area (Å²) >= 11 is 11.7. The average Bonchev–Trinajstić information content (AvgIpc) is 2.34. The first kappa shape index (κ1) is 15.8. The van der Waals surface area contributed by atoms with E-state index in [1.54, 1.807) is 12.1 Å². The van der Waals surface area contributed by atoms with Crippen LogP contribution < -0.4 is 10.6 Å². The molecular formula is C13H16Cl2N2O2. The molecule has 6 heteroatoms. The normalized spacial score (nSPS) is 10.1. The van der Waals surface area contributed by atoms with Gasteiger partial charge in [0, 0.05) is 11.6 Å². The molecular weight excluding hydrogens is 287 g/mol. The fourth-order valence-electron chi connectivity index (χ4n) is 1.40. The Balaban J connectivity index is 2.46. The molecule has 0 fully saturated rings. The van der Waals surface area contributed by atoms with Crippen LogP contribution in [0, 0.1) is 0 Å². The van der Waals surface area contributed by atoms with Gasteiger partial charge in [0.1, 0.15) is 6.42 Å². The SMILES string of the molecule is CCCCNC(=O)CC(=O)Nc1cc(Cl)ccc1Cl. The average molecular weight is 303 g/mol. The largest absolute Gasteiger partial charge is 0.356 e. The molecule has 2 amide bonds. The van der Waals surface area contributed by atoms with Crippen LogP contribution in [0.1, 0.15) is 26.2 Å². The Kier molecular flexibility index (Phi) is 6.67. The minimum absolute atomic E-state index is 0.230. The first-order chi connectivity index (χ1) is 9.02. The van der Waals surface area contributed by atoms with Crippen molar-refractivity contribution in [2.75, 3.05) is 11.9 Å². The molecule has 0 saturated carbocycles. The third-order valence-corrected chi connectivity index (χ3v) is 2.94. The minimum Gasteiger partial charge on any atom is -0.356 e. The summed E-state index contributed by atoms with van der Waals surface area (Å²) in [6, 6.07) is 4.74. The number of rotatable bonds is 6. The zero-order valence-electron chi connectivity index (χ0n) is 10.6. The maximum absolute atomic E-state index is 11.6. The smallest absolute Gasteiger partial charge is 0.233 e. The Hall–Kier alpha value is -1.26. The van der Waals surface area contributed by atoms with Crippen molar-refractivity contribution >= 4 is 40.7 Å². The third-order valence-electron chi connectivity index (χ3n) is 2.38. The van der Waals surface area contributed by atoms with Crippen molar-refractivity contribution in [2.45, 2.75) is 26.2 Å². The molecule has 0 aromatic heterocycles. The lowest BCUT2D eigenvalue weighted by atomic mass is 10.3. The van der Waals surface area contributed by atoms with E-state index < -0.39 is 5.91 Å². The predicted molar refractivity (Wildman–Crippen MR) is 77.6 cm³/mol. The predicted octanol–water partition coefficient (Wildman–Crippen LogP) is 3.24. The quantitative estimate of drug-likeness (QED) is 0.626. The van der Waals surface area contributed by atoms with E-state index in [2.05, 4.69) is 10.6 Å². The van der Waals surface area contributed by atoms with Crippen molar-refractivity contribution in [3.63, 3.8) is 0 Å². The highest BCUT2D eigenvalue weighted by molar-refractivity contribution is 6.35. The number of hydrogen-bond donors (Lipinski definition) is 2. The van der Waals surface area contributed by atoms with Crippen LogP contribution in [-0.4, -0.2) is 18.4 Å². The van der Waals surface area contributed by atoms with Crippen molar-refractivity contribution in [2.24, 2.45) is 0 Å². The van der Waals surface area contributed by atoms with Gasteiger partial charge in [-0.25, -0.2) is 0 Å². The second kappa shape index (κ2) is 8.02. The molecule has 4 nitrogen and oxygen atoms in total. The van der Waals surface area contributed by atoms with Gasteiger partial charge in [-0.1, -0.05) is 36.5 Å². The van der Waals surface area contributed by atoms with E-state index in [0.717, 1.165) is 12.8 Å². The van der Waals surface area contributed by atoms with Crippen molar-refractivity contribution < 1.29 is 9.59 Å². The summed E-state index contributed by atoms with van der Waals surface area (Å²) in [6.45, 7) is 2.61. The number of hydrogen-bond acceptors (Lipinski definition) is 2. The number of unbranched alkanes of at least 4 members (excludes halogenated alkanes) is 1. The zero-order valence-corrected chi connectivity index (χ0v) is 12.1. The summed E-state index contributed by atoms with van der Waals surface area (Å²) in [7, 11) is 0. The zero-order chi connectivity index (χ0) is 14.3. The Morgan fingerprint density at radius 1 is 1.21 bits per heavy atom. The Labute approximate surface area is 122 Å². The van der Waals surface area contributed by atoms with Crippen LogP contribution in [0.3, 0.4) is 0 Å². The van der Waals surface area contributed by atoms with E-state index in [4.69, 9.17) is 23.2 Å². The molecule has 1 aromatic rings. The van der Waals surface area contributed by atoms with E-state index in [9.17, 15) is 9.59 Å². The van der Waals surface area contributed by atoms with Crippen molar-refractivity contribution in [1.82, 2.24) is 5.32 Å². The van der Waals surface area contributed by atoms with Gasteiger partial charge in [-0.2, -0.15) is 0 Å². The van der Waals surface area contributed by atoms with Gasteiger partial charge in [0.05, 0.1) is 10.7 Å². The van der Waals surface area contributed by atoms with Gasteiger partial charge in [-0.3, -0.25) is 9.59 Å². The number of amides is 2. The molecule has 1 rings (SSSR count). The topological polar surface area (TPSA) is 58.2 Å². The van der Waals surface area contributed by atoms with Gasteiger partial charge in [-0.15, -0.1) is 0 Å². The number of anilines is 1. The van der Waals surface area contributed by atoms with E-state index in [0.29, 0.717) is 22.3 Å². The summed E-state index contributed by atoms with van der Waals surface area (Å²) in [5.41, 5.74) is 0.403. The minimum atomic E-state index is -0.418. The van der Waals surface area contributed by atoms with Crippen LogP contribution in [0.4, 0.5) is 5.69 Å². The molecule has 0 bridgehead atoms. The molecule has 0 heterocycles. The maximum Gasteiger partial charge on any atom is 0.233 e. The lowest BCUT2D eigenvalue weighted by Crippen LogP contribution is -2.28. The molecule has 0 aliphatic carbocycles. The molecule has 19 heavy (non-hydrogen) atoms. The van der Waals surface area contributed by atoms with Crippen LogP contribution >= 0.6 is 23.2 Å². The highest BCUT2D eigenvalue weighted by Gasteiger charge is 2.11. The molecule has 0 atom stereocenters. The van der Waals surface area contributed by atoms with Crippen molar-refractivity contribution in [3.05, 3.63) is 28.2 Å². The molecule has 0 radical (unpaired) electrons. The first-order valence-corrected chi connectivity index (χ1v) is 6.80. The van der Waals surface area contributed by atoms with E-state index in [-0.39, 0.29) is 12.3 Å².